The van der Waals surface area contributed by atoms with Crippen LogP contribution in [0, 0.1) is 23.0 Å². The first kappa shape index (κ1) is 20.3. The van der Waals surface area contributed by atoms with E-state index in [9.17, 15) is 27.2 Å². The molecule has 0 bridgehead atoms. The highest BCUT2D eigenvalue weighted by atomic mass is 19.4. The summed E-state index contributed by atoms with van der Waals surface area (Å²) in [4.78, 5) is 4.06. The minimum atomic E-state index is -4.83. The SMILES string of the molecule is N#Cc1cc2c(C(F)(F)F)nn(-c3ccc(F)cc3)c2nc1OCc1ccccc1F. The van der Waals surface area contributed by atoms with Crippen LogP contribution < -0.4 is 4.74 Å². The van der Waals surface area contributed by atoms with Gasteiger partial charge in [0.1, 0.15) is 29.9 Å². The molecule has 0 saturated carbocycles. The van der Waals surface area contributed by atoms with Crippen molar-refractivity contribution in [2.24, 2.45) is 0 Å². The molecule has 31 heavy (non-hydrogen) atoms. The van der Waals surface area contributed by atoms with Crippen LogP contribution in [0.25, 0.3) is 16.7 Å². The third-order valence-electron chi connectivity index (χ3n) is 4.41. The van der Waals surface area contributed by atoms with Gasteiger partial charge in [0.15, 0.2) is 11.3 Å². The average Bonchev–Trinajstić information content (AvgIpc) is 3.12. The smallest absolute Gasteiger partial charge is 0.435 e. The molecule has 0 atom stereocenters. The molecule has 156 valence electrons. The summed E-state index contributed by atoms with van der Waals surface area (Å²) in [5.41, 5.74) is -1.47. The molecule has 10 heteroatoms. The Hall–Kier alpha value is -4.00. The average molecular weight is 430 g/mol. The number of hydrogen-bond donors (Lipinski definition) is 0. The molecule has 4 rings (SSSR count). The monoisotopic (exact) mass is 430 g/mol. The van der Waals surface area contributed by atoms with Crippen molar-refractivity contribution in [2.45, 2.75) is 12.8 Å². The lowest BCUT2D eigenvalue weighted by Crippen LogP contribution is -2.07. The van der Waals surface area contributed by atoms with Crippen LogP contribution in [-0.2, 0) is 12.8 Å². The summed E-state index contributed by atoms with van der Waals surface area (Å²) in [5.74, 6) is -1.40. The molecular weight excluding hydrogens is 419 g/mol. The molecule has 0 saturated heterocycles. The Morgan fingerprint density at radius 2 is 1.74 bits per heavy atom. The number of aromatic nitrogens is 3. The number of pyridine rings is 1. The number of rotatable bonds is 4. The maximum Gasteiger partial charge on any atom is 0.435 e. The van der Waals surface area contributed by atoms with Crippen LogP contribution in [0.3, 0.4) is 0 Å². The quantitative estimate of drug-likeness (QED) is 0.419. The Morgan fingerprint density at radius 3 is 2.39 bits per heavy atom. The highest BCUT2D eigenvalue weighted by molar-refractivity contribution is 5.83. The number of fused-ring (bicyclic) bond motifs is 1. The van der Waals surface area contributed by atoms with Crippen molar-refractivity contribution in [1.29, 1.82) is 5.26 Å². The van der Waals surface area contributed by atoms with Gasteiger partial charge in [0, 0.05) is 5.56 Å². The first-order chi connectivity index (χ1) is 14.8. The highest BCUT2D eigenvalue weighted by Crippen LogP contribution is 2.36. The number of nitriles is 1. The van der Waals surface area contributed by atoms with E-state index in [-0.39, 0.29) is 34.9 Å². The molecule has 0 N–H and O–H groups in total. The van der Waals surface area contributed by atoms with Gasteiger partial charge in [-0.15, -0.1) is 0 Å². The van der Waals surface area contributed by atoms with Crippen molar-refractivity contribution >= 4 is 11.0 Å². The Morgan fingerprint density at radius 1 is 1.03 bits per heavy atom. The summed E-state index contributed by atoms with van der Waals surface area (Å²) < 4.78 is 74.1. The Kier molecular flexibility index (Phi) is 5.02. The van der Waals surface area contributed by atoms with Crippen LogP contribution in [0.15, 0.2) is 54.6 Å². The zero-order valence-electron chi connectivity index (χ0n) is 15.5. The molecule has 0 radical (unpaired) electrons. The largest absolute Gasteiger partial charge is 0.472 e. The van der Waals surface area contributed by atoms with Gasteiger partial charge in [-0.2, -0.15) is 28.5 Å². The molecule has 2 aromatic carbocycles. The summed E-state index contributed by atoms with van der Waals surface area (Å²) in [5, 5.41) is 12.6. The van der Waals surface area contributed by atoms with E-state index < -0.39 is 28.9 Å². The van der Waals surface area contributed by atoms with Crippen molar-refractivity contribution < 1.29 is 26.7 Å². The number of hydrogen-bond acceptors (Lipinski definition) is 4. The van der Waals surface area contributed by atoms with Gasteiger partial charge in [0.25, 0.3) is 0 Å². The normalized spacial score (nSPS) is 11.5. The van der Waals surface area contributed by atoms with E-state index in [1.54, 1.807) is 12.1 Å². The van der Waals surface area contributed by atoms with Crippen molar-refractivity contribution in [3.63, 3.8) is 0 Å². The van der Waals surface area contributed by atoms with Crippen LogP contribution >= 0.6 is 0 Å². The first-order valence-corrected chi connectivity index (χ1v) is 8.81. The van der Waals surface area contributed by atoms with Crippen LogP contribution in [0.4, 0.5) is 22.0 Å². The van der Waals surface area contributed by atoms with Crippen molar-refractivity contribution in [1.82, 2.24) is 14.8 Å². The zero-order valence-corrected chi connectivity index (χ0v) is 15.5. The van der Waals surface area contributed by atoms with E-state index in [0.717, 1.165) is 22.9 Å². The third kappa shape index (κ3) is 3.90. The number of ether oxygens (including phenoxy) is 1. The fraction of sp³-hybridized carbons (Fsp3) is 0.0952. The fourth-order valence-electron chi connectivity index (χ4n) is 2.95. The Bertz CT molecular complexity index is 1310. The molecule has 2 heterocycles. The van der Waals surface area contributed by atoms with Crippen LogP contribution in [0.1, 0.15) is 16.8 Å². The molecule has 5 nitrogen and oxygen atoms in total. The topological polar surface area (TPSA) is 63.7 Å². The molecular formula is C21H11F5N4O. The van der Waals surface area contributed by atoms with Crippen molar-refractivity contribution in [3.05, 3.63) is 83.1 Å². The van der Waals surface area contributed by atoms with Gasteiger partial charge in [-0.3, -0.25) is 0 Å². The number of alkyl halides is 3. The number of nitrogens with zero attached hydrogens (tertiary/aromatic N) is 4. The minimum Gasteiger partial charge on any atom is -0.472 e. The third-order valence-corrected chi connectivity index (χ3v) is 4.41. The van der Waals surface area contributed by atoms with E-state index in [2.05, 4.69) is 10.1 Å². The maximum absolute atomic E-state index is 13.8. The fourth-order valence-corrected chi connectivity index (χ4v) is 2.95. The van der Waals surface area contributed by atoms with Gasteiger partial charge in [-0.1, -0.05) is 18.2 Å². The van der Waals surface area contributed by atoms with Crippen LogP contribution in [-0.4, -0.2) is 14.8 Å². The summed E-state index contributed by atoms with van der Waals surface area (Å²) in [7, 11) is 0. The van der Waals surface area contributed by atoms with Gasteiger partial charge < -0.3 is 4.74 Å². The summed E-state index contributed by atoms with van der Waals surface area (Å²) >= 11 is 0. The molecule has 0 unspecified atom stereocenters. The molecule has 0 amide bonds. The number of benzene rings is 2. The van der Waals surface area contributed by atoms with Crippen molar-refractivity contribution in [2.75, 3.05) is 0 Å². The molecule has 2 aromatic heterocycles. The first-order valence-electron chi connectivity index (χ1n) is 8.81. The lowest BCUT2D eigenvalue weighted by molar-refractivity contribution is -0.140. The second kappa shape index (κ2) is 7.68. The van der Waals surface area contributed by atoms with E-state index in [1.807, 2.05) is 0 Å². The van der Waals surface area contributed by atoms with Crippen LogP contribution in [0.2, 0.25) is 0 Å². The summed E-state index contributed by atoms with van der Waals surface area (Å²) in [6, 6.07) is 13.1. The Labute approximate surface area is 171 Å². The van der Waals surface area contributed by atoms with E-state index in [1.165, 1.54) is 30.3 Å². The lowest BCUT2D eigenvalue weighted by atomic mass is 10.2. The van der Waals surface area contributed by atoms with E-state index in [0.29, 0.717) is 0 Å². The maximum atomic E-state index is 13.8. The second-order valence-corrected chi connectivity index (χ2v) is 6.44. The minimum absolute atomic E-state index is 0.124. The zero-order chi connectivity index (χ0) is 22.2. The second-order valence-electron chi connectivity index (χ2n) is 6.44. The predicted octanol–water partition coefficient (Wildman–Crippen LogP) is 5.17. The summed E-state index contributed by atoms with van der Waals surface area (Å²) in [6.45, 7) is -0.295. The molecule has 0 aliphatic rings. The van der Waals surface area contributed by atoms with Crippen molar-refractivity contribution in [3.8, 4) is 17.6 Å². The molecule has 0 aliphatic carbocycles. The van der Waals surface area contributed by atoms with Gasteiger partial charge in [0.2, 0.25) is 5.88 Å². The standard InChI is InChI=1S/C21H11F5N4O/c22-14-5-7-15(8-6-14)30-19-16(18(29-30)21(24,25)26)9-13(10-27)20(28-19)31-11-12-3-1-2-4-17(12)23/h1-9H,11H2. The van der Waals surface area contributed by atoms with E-state index in [4.69, 9.17) is 4.74 Å². The van der Waals surface area contributed by atoms with Gasteiger partial charge in [0.05, 0.1) is 11.1 Å². The number of halogens is 5. The van der Waals surface area contributed by atoms with Crippen LogP contribution in [0.5, 0.6) is 5.88 Å². The van der Waals surface area contributed by atoms with Gasteiger partial charge in [-0.25, -0.2) is 13.5 Å². The highest BCUT2D eigenvalue weighted by Gasteiger charge is 2.38. The molecule has 0 aliphatic heterocycles. The Balaban J connectivity index is 1.86. The van der Waals surface area contributed by atoms with E-state index >= 15 is 0 Å². The van der Waals surface area contributed by atoms with Gasteiger partial charge in [-0.05, 0) is 36.4 Å². The molecule has 0 spiro atoms. The molecule has 4 aromatic rings. The molecule has 0 fully saturated rings. The predicted molar refractivity (Wildman–Crippen MR) is 99.3 cm³/mol. The lowest BCUT2D eigenvalue weighted by Gasteiger charge is -2.09. The summed E-state index contributed by atoms with van der Waals surface area (Å²) in [6.07, 6.45) is -4.83. The van der Waals surface area contributed by atoms with Gasteiger partial charge >= 0.3 is 6.18 Å².